The summed E-state index contributed by atoms with van der Waals surface area (Å²) < 4.78 is 0. The van der Waals surface area contributed by atoms with Crippen LogP contribution in [-0.2, 0) is 24.2 Å². The number of Topliss-reactive ketones (excluding diaryl/α,β-unsaturated/α-hetero) is 1. The van der Waals surface area contributed by atoms with Crippen LogP contribution in [0.1, 0.15) is 30.0 Å². The van der Waals surface area contributed by atoms with Gasteiger partial charge in [-0.1, -0.05) is 41.9 Å². The van der Waals surface area contributed by atoms with E-state index in [-0.39, 0.29) is 11.8 Å². The summed E-state index contributed by atoms with van der Waals surface area (Å²) in [6.45, 7) is 2.95. The van der Waals surface area contributed by atoms with E-state index in [9.17, 15) is 9.59 Å². The van der Waals surface area contributed by atoms with Crippen molar-refractivity contribution in [3.63, 3.8) is 0 Å². The first kappa shape index (κ1) is 21.9. The number of urea groups is 1. The lowest BCUT2D eigenvalue weighted by molar-refractivity contribution is -0.116. The normalized spacial score (nSPS) is 12.8. The number of para-hydroxylation sites is 1. The van der Waals surface area contributed by atoms with Gasteiger partial charge in [0.1, 0.15) is 5.78 Å². The first-order valence-corrected chi connectivity index (χ1v) is 11.1. The van der Waals surface area contributed by atoms with Gasteiger partial charge in [0.15, 0.2) is 0 Å². The summed E-state index contributed by atoms with van der Waals surface area (Å²) in [7, 11) is 0. The minimum atomic E-state index is -0.251. The van der Waals surface area contributed by atoms with Crippen LogP contribution in [0, 0.1) is 0 Å². The smallest absolute Gasteiger partial charge is 0.319 e. The molecule has 0 radical (unpaired) electrons. The molecule has 3 aromatic rings. The highest BCUT2D eigenvalue weighted by Gasteiger charge is 2.21. The van der Waals surface area contributed by atoms with Gasteiger partial charge in [0.2, 0.25) is 0 Å². The molecule has 164 valence electrons. The van der Waals surface area contributed by atoms with E-state index in [1.165, 1.54) is 5.56 Å². The zero-order valence-corrected chi connectivity index (χ0v) is 18.8. The Hall–Kier alpha value is -3.31. The maximum absolute atomic E-state index is 12.4. The van der Waals surface area contributed by atoms with Crippen molar-refractivity contribution < 1.29 is 9.59 Å². The standard InChI is InChI=1S/C26H26ClN3O2/c1-18(31)15-20-5-2-3-7-24(20)30-14-4-6-21-16-23(12-13-25(21)30)29-26(32)28-17-19-8-10-22(27)11-9-19/h2-3,5,7-13,16H,4,6,14-15,17H2,1H3,(H2,28,29,32). The number of fused-ring (bicyclic) bond motifs is 1. The molecule has 0 bridgehead atoms. The Morgan fingerprint density at radius 3 is 2.56 bits per heavy atom. The summed E-state index contributed by atoms with van der Waals surface area (Å²) in [6.07, 6.45) is 2.38. The topological polar surface area (TPSA) is 61.4 Å². The van der Waals surface area contributed by atoms with Crippen LogP contribution >= 0.6 is 11.6 Å². The molecule has 0 unspecified atom stereocenters. The average molecular weight is 448 g/mol. The van der Waals surface area contributed by atoms with Crippen molar-refractivity contribution in [3.05, 3.63) is 88.4 Å². The predicted octanol–water partition coefficient (Wildman–Crippen LogP) is 5.88. The van der Waals surface area contributed by atoms with Gasteiger partial charge in [0.05, 0.1) is 0 Å². The van der Waals surface area contributed by atoms with Crippen LogP contribution in [0.2, 0.25) is 5.02 Å². The minimum absolute atomic E-state index is 0.152. The quantitative estimate of drug-likeness (QED) is 0.496. The molecule has 0 saturated carbocycles. The maximum Gasteiger partial charge on any atom is 0.319 e. The number of hydrogen-bond donors (Lipinski definition) is 2. The first-order chi connectivity index (χ1) is 15.5. The number of nitrogens with one attached hydrogen (secondary N) is 2. The van der Waals surface area contributed by atoms with Gasteiger partial charge < -0.3 is 15.5 Å². The highest BCUT2D eigenvalue weighted by atomic mass is 35.5. The van der Waals surface area contributed by atoms with E-state index < -0.39 is 0 Å². The van der Waals surface area contributed by atoms with Crippen molar-refractivity contribution in [1.29, 1.82) is 0 Å². The van der Waals surface area contributed by atoms with Gasteiger partial charge in [-0.15, -0.1) is 0 Å². The lowest BCUT2D eigenvalue weighted by atomic mass is 9.98. The lowest BCUT2D eigenvalue weighted by Gasteiger charge is -2.33. The van der Waals surface area contributed by atoms with Gasteiger partial charge in [0, 0.05) is 41.6 Å². The number of benzene rings is 3. The van der Waals surface area contributed by atoms with E-state index in [0.717, 1.165) is 47.6 Å². The molecule has 0 fully saturated rings. The highest BCUT2D eigenvalue weighted by molar-refractivity contribution is 6.30. The van der Waals surface area contributed by atoms with Crippen molar-refractivity contribution in [3.8, 4) is 0 Å². The summed E-state index contributed by atoms with van der Waals surface area (Å²) >= 11 is 5.90. The number of halogens is 1. The van der Waals surface area contributed by atoms with Crippen LogP contribution in [0.5, 0.6) is 0 Å². The number of anilines is 3. The molecule has 1 aliphatic heterocycles. The molecule has 4 rings (SSSR count). The summed E-state index contributed by atoms with van der Waals surface area (Å²) in [4.78, 5) is 26.4. The Bertz CT molecular complexity index is 1130. The molecule has 6 heteroatoms. The molecular formula is C26H26ClN3O2. The van der Waals surface area contributed by atoms with Crippen molar-refractivity contribution >= 4 is 40.5 Å². The van der Waals surface area contributed by atoms with Gasteiger partial charge in [-0.2, -0.15) is 0 Å². The zero-order valence-electron chi connectivity index (χ0n) is 18.0. The number of aryl methyl sites for hydroxylation is 1. The highest BCUT2D eigenvalue weighted by Crippen LogP contribution is 2.36. The van der Waals surface area contributed by atoms with Crippen molar-refractivity contribution in [2.24, 2.45) is 0 Å². The molecule has 2 N–H and O–H groups in total. The molecule has 0 spiro atoms. The molecule has 0 aromatic heterocycles. The van der Waals surface area contributed by atoms with Crippen LogP contribution < -0.4 is 15.5 Å². The predicted molar refractivity (Wildman–Crippen MR) is 130 cm³/mol. The van der Waals surface area contributed by atoms with E-state index in [2.05, 4.69) is 21.6 Å². The molecule has 0 saturated heterocycles. The zero-order chi connectivity index (χ0) is 22.5. The van der Waals surface area contributed by atoms with Gasteiger partial charge in [-0.05, 0) is 72.9 Å². The van der Waals surface area contributed by atoms with Crippen LogP contribution in [0.15, 0.2) is 66.7 Å². The number of carbonyl (C=O) groups is 2. The number of carbonyl (C=O) groups excluding carboxylic acids is 2. The van der Waals surface area contributed by atoms with Crippen molar-refractivity contribution in [2.45, 2.75) is 32.7 Å². The van der Waals surface area contributed by atoms with Crippen molar-refractivity contribution in [1.82, 2.24) is 5.32 Å². The molecular weight excluding hydrogens is 422 g/mol. The average Bonchev–Trinajstić information content (AvgIpc) is 2.78. The second-order valence-corrected chi connectivity index (χ2v) is 8.48. The van der Waals surface area contributed by atoms with Crippen LogP contribution in [0.4, 0.5) is 21.9 Å². The third-order valence-electron chi connectivity index (χ3n) is 5.54. The Morgan fingerprint density at radius 1 is 1.00 bits per heavy atom. The molecule has 0 atom stereocenters. The summed E-state index contributed by atoms with van der Waals surface area (Å²) in [6, 6.07) is 21.2. The molecule has 5 nitrogen and oxygen atoms in total. The van der Waals surface area contributed by atoms with E-state index in [1.807, 2.05) is 48.5 Å². The fourth-order valence-electron chi connectivity index (χ4n) is 4.08. The fourth-order valence-corrected chi connectivity index (χ4v) is 4.20. The number of ketones is 1. The molecule has 3 aromatic carbocycles. The number of nitrogens with zero attached hydrogens (tertiary/aromatic N) is 1. The van der Waals surface area contributed by atoms with Crippen LogP contribution in [0.25, 0.3) is 0 Å². The van der Waals surface area contributed by atoms with Crippen LogP contribution in [0.3, 0.4) is 0 Å². The second-order valence-electron chi connectivity index (χ2n) is 8.04. The monoisotopic (exact) mass is 447 g/mol. The van der Waals surface area contributed by atoms with Gasteiger partial charge in [0.25, 0.3) is 0 Å². The van der Waals surface area contributed by atoms with E-state index in [4.69, 9.17) is 11.6 Å². The Morgan fingerprint density at radius 2 is 1.78 bits per heavy atom. The van der Waals surface area contributed by atoms with E-state index >= 15 is 0 Å². The van der Waals surface area contributed by atoms with Gasteiger partial charge in [-0.25, -0.2) is 4.79 Å². The third kappa shape index (κ3) is 5.29. The SMILES string of the molecule is CC(=O)Cc1ccccc1N1CCCc2cc(NC(=O)NCc3ccc(Cl)cc3)ccc21. The third-order valence-corrected chi connectivity index (χ3v) is 5.80. The molecule has 1 aliphatic rings. The lowest BCUT2D eigenvalue weighted by Crippen LogP contribution is -2.29. The van der Waals surface area contributed by atoms with E-state index in [0.29, 0.717) is 18.0 Å². The Labute approximate surface area is 193 Å². The molecule has 0 aliphatic carbocycles. The van der Waals surface area contributed by atoms with Crippen LogP contribution in [-0.4, -0.2) is 18.4 Å². The Balaban J connectivity index is 1.47. The number of rotatable bonds is 6. The maximum atomic E-state index is 12.4. The van der Waals surface area contributed by atoms with Gasteiger partial charge in [-0.3, -0.25) is 4.79 Å². The van der Waals surface area contributed by atoms with Crippen molar-refractivity contribution in [2.75, 3.05) is 16.8 Å². The summed E-state index contributed by atoms with van der Waals surface area (Å²) in [5.41, 5.74) is 6.16. The summed E-state index contributed by atoms with van der Waals surface area (Å²) in [5.74, 6) is 0.152. The largest absolute Gasteiger partial charge is 0.341 e. The fraction of sp³-hybridized carbons (Fsp3) is 0.231. The second kappa shape index (κ2) is 9.88. The molecule has 32 heavy (non-hydrogen) atoms. The number of hydrogen-bond acceptors (Lipinski definition) is 3. The Kier molecular flexibility index (Phi) is 6.76. The van der Waals surface area contributed by atoms with E-state index in [1.54, 1.807) is 19.1 Å². The molecule has 2 amide bonds. The first-order valence-electron chi connectivity index (χ1n) is 10.8. The minimum Gasteiger partial charge on any atom is -0.341 e. The summed E-state index contributed by atoms with van der Waals surface area (Å²) in [5, 5.41) is 6.47. The van der Waals surface area contributed by atoms with Gasteiger partial charge >= 0.3 is 6.03 Å². The number of amides is 2. The molecule has 1 heterocycles.